The van der Waals surface area contributed by atoms with Gasteiger partial charge in [0.2, 0.25) is 0 Å². The fourth-order valence-corrected chi connectivity index (χ4v) is 2.56. The molecule has 108 valence electrons. The molecule has 4 nitrogen and oxygen atoms in total. The third kappa shape index (κ3) is 3.83. The molecule has 0 aromatic heterocycles. The highest BCUT2D eigenvalue weighted by Crippen LogP contribution is 2.25. The highest BCUT2D eigenvalue weighted by atomic mass is 16.5. The molecule has 0 saturated heterocycles. The van der Waals surface area contributed by atoms with Crippen molar-refractivity contribution in [3.63, 3.8) is 0 Å². The molecule has 1 aliphatic carbocycles. The molecular formula is C16H21NO3. The largest absolute Gasteiger partial charge is 0.455 e. The Kier molecular flexibility index (Phi) is 4.77. The van der Waals surface area contributed by atoms with E-state index in [0.29, 0.717) is 0 Å². The van der Waals surface area contributed by atoms with Crippen molar-refractivity contribution >= 4 is 17.6 Å². The summed E-state index contributed by atoms with van der Waals surface area (Å²) in [6.45, 7) is 3.73. The van der Waals surface area contributed by atoms with Crippen LogP contribution in [0, 0.1) is 19.8 Å². The van der Waals surface area contributed by atoms with Crippen molar-refractivity contribution < 1.29 is 14.3 Å². The lowest BCUT2D eigenvalue weighted by molar-refractivity contribution is -0.151. The molecule has 1 N–H and O–H groups in total. The highest BCUT2D eigenvalue weighted by molar-refractivity contribution is 5.93. The molecule has 4 heteroatoms. The molecular weight excluding hydrogens is 254 g/mol. The van der Waals surface area contributed by atoms with Crippen LogP contribution in [0.5, 0.6) is 0 Å². The highest BCUT2D eigenvalue weighted by Gasteiger charge is 2.24. The van der Waals surface area contributed by atoms with Crippen LogP contribution in [0.25, 0.3) is 0 Å². The lowest BCUT2D eigenvalue weighted by atomic mass is 10.1. The van der Waals surface area contributed by atoms with Crippen LogP contribution < -0.4 is 5.32 Å². The Morgan fingerprint density at radius 1 is 1.25 bits per heavy atom. The minimum absolute atomic E-state index is 0.0103. The van der Waals surface area contributed by atoms with Gasteiger partial charge in [0.1, 0.15) is 0 Å². The van der Waals surface area contributed by atoms with Crippen molar-refractivity contribution in [3.8, 4) is 0 Å². The Bertz CT molecular complexity index is 504. The summed E-state index contributed by atoms with van der Waals surface area (Å²) in [6, 6.07) is 5.80. The van der Waals surface area contributed by atoms with Crippen molar-refractivity contribution in [2.24, 2.45) is 5.92 Å². The van der Waals surface area contributed by atoms with Crippen molar-refractivity contribution in [3.05, 3.63) is 29.3 Å². The van der Waals surface area contributed by atoms with E-state index in [4.69, 9.17) is 4.74 Å². The lowest BCUT2D eigenvalue weighted by Crippen LogP contribution is -2.24. The maximum absolute atomic E-state index is 11.8. The van der Waals surface area contributed by atoms with Gasteiger partial charge < -0.3 is 10.1 Å². The number of benzene rings is 1. The van der Waals surface area contributed by atoms with Crippen LogP contribution in [0.1, 0.15) is 36.8 Å². The van der Waals surface area contributed by atoms with E-state index >= 15 is 0 Å². The number of ether oxygens (including phenoxy) is 1. The number of hydrogen-bond acceptors (Lipinski definition) is 3. The van der Waals surface area contributed by atoms with Gasteiger partial charge >= 0.3 is 5.97 Å². The van der Waals surface area contributed by atoms with Crippen molar-refractivity contribution in [2.75, 3.05) is 11.9 Å². The van der Waals surface area contributed by atoms with Crippen LogP contribution in [0.15, 0.2) is 18.2 Å². The van der Waals surface area contributed by atoms with Gasteiger partial charge in [-0.1, -0.05) is 30.5 Å². The number of nitrogens with one attached hydrogen (secondary N) is 1. The quantitative estimate of drug-likeness (QED) is 0.859. The number of hydrogen-bond donors (Lipinski definition) is 1. The van der Waals surface area contributed by atoms with Crippen LogP contribution in [0.3, 0.4) is 0 Å². The van der Waals surface area contributed by atoms with Crippen LogP contribution in [-0.2, 0) is 14.3 Å². The molecule has 0 atom stereocenters. The smallest absolute Gasteiger partial charge is 0.309 e. The van der Waals surface area contributed by atoms with Crippen molar-refractivity contribution in [2.45, 2.75) is 39.5 Å². The lowest BCUT2D eigenvalue weighted by Gasteiger charge is -2.11. The zero-order valence-corrected chi connectivity index (χ0v) is 12.1. The maximum Gasteiger partial charge on any atom is 0.309 e. The molecule has 2 rings (SSSR count). The molecule has 1 fully saturated rings. The van der Waals surface area contributed by atoms with Crippen LogP contribution >= 0.6 is 0 Å². The predicted molar refractivity (Wildman–Crippen MR) is 77.5 cm³/mol. The van der Waals surface area contributed by atoms with Crippen LogP contribution in [0.2, 0.25) is 0 Å². The Hall–Kier alpha value is -1.84. The predicted octanol–water partition coefficient (Wildman–Crippen LogP) is 2.98. The van der Waals surface area contributed by atoms with Gasteiger partial charge in [0.25, 0.3) is 5.91 Å². The first-order valence-electron chi connectivity index (χ1n) is 7.10. The summed E-state index contributed by atoms with van der Waals surface area (Å²) in [7, 11) is 0. The van der Waals surface area contributed by atoms with Gasteiger partial charge in [-0.15, -0.1) is 0 Å². The molecule has 0 radical (unpaired) electrons. The van der Waals surface area contributed by atoms with E-state index in [9.17, 15) is 9.59 Å². The monoisotopic (exact) mass is 275 g/mol. The van der Waals surface area contributed by atoms with E-state index in [-0.39, 0.29) is 24.4 Å². The number of carbonyl (C=O) groups is 2. The van der Waals surface area contributed by atoms with Gasteiger partial charge in [0, 0.05) is 5.69 Å². The summed E-state index contributed by atoms with van der Waals surface area (Å²) in [6.07, 6.45) is 3.93. The normalized spacial score (nSPS) is 15.1. The fourth-order valence-electron chi connectivity index (χ4n) is 2.56. The Labute approximate surface area is 119 Å². The second-order valence-corrected chi connectivity index (χ2v) is 5.46. The average molecular weight is 275 g/mol. The number of carbonyl (C=O) groups excluding carboxylic acids is 2. The zero-order valence-electron chi connectivity index (χ0n) is 12.1. The van der Waals surface area contributed by atoms with Crippen molar-refractivity contribution in [1.29, 1.82) is 0 Å². The second kappa shape index (κ2) is 6.55. The van der Waals surface area contributed by atoms with Crippen LogP contribution in [-0.4, -0.2) is 18.5 Å². The molecule has 1 saturated carbocycles. The zero-order chi connectivity index (χ0) is 14.5. The number of amides is 1. The molecule has 0 unspecified atom stereocenters. The molecule has 20 heavy (non-hydrogen) atoms. The van der Waals surface area contributed by atoms with E-state index in [0.717, 1.165) is 42.5 Å². The first-order valence-corrected chi connectivity index (χ1v) is 7.10. The molecule has 1 aliphatic rings. The number of rotatable bonds is 4. The Morgan fingerprint density at radius 2 is 1.95 bits per heavy atom. The molecule has 0 bridgehead atoms. The van der Waals surface area contributed by atoms with Gasteiger partial charge in [-0.25, -0.2) is 0 Å². The summed E-state index contributed by atoms with van der Waals surface area (Å²) in [5.41, 5.74) is 2.91. The topological polar surface area (TPSA) is 55.4 Å². The average Bonchev–Trinajstić information content (AvgIpc) is 2.93. The summed E-state index contributed by atoms with van der Waals surface area (Å²) in [5.74, 6) is -0.537. The molecule has 1 aromatic rings. The minimum atomic E-state index is -0.289. The Morgan fingerprint density at radius 3 is 2.60 bits per heavy atom. The summed E-state index contributed by atoms with van der Waals surface area (Å²) in [5, 5.41) is 2.77. The van der Waals surface area contributed by atoms with Gasteiger partial charge in [-0.05, 0) is 38.3 Å². The maximum atomic E-state index is 11.8. The number of anilines is 1. The van der Waals surface area contributed by atoms with E-state index in [1.165, 1.54) is 0 Å². The molecule has 1 aromatic carbocycles. The number of esters is 1. The first-order chi connectivity index (χ1) is 9.56. The molecule has 0 aliphatic heterocycles. The summed E-state index contributed by atoms with van der Waals surface area (Å²) >= 11 is 0. The molecule has 0 heterocycles. The first kappa shape index (κ1) is 14.6. The van der Waals surface area contributed by atoms with Gasteiger partial charge in [0.15, 0.2) is 6.61 Å². The minimum Gasteiger partial charge on any atom is -0.455 e. The summed E-state index contributed by atoms with van der Waals surface area (Å²) < 4.78 is 5.07. The van der Waals surface area contributed by atoms with E-state index < -0.39 is 0 Å². The fraction of sp³-hybridized carbons (Fsp3) is 0.500. The molecule has 1 amide bonds. The van der Waals surface area contributed by atoms with Gasteiger partial charge in [0.05, 0.1) is 5.92 Å². The van der Waals surface area contributed by atoms with Gasteiger partial charge in [-0.2, -0.15) is 0 Å². The third-order valence-corrected chi connectivity index (χ3v) is 3.69. The van der Waals surface area contributed by atoms with Gasteiger partial charge in [-0.3, -0.25) is 9.59 Å². The van der Waals surface area contributed by atoms with E-state index in [1.807, 2.05) is 32.0 Å². The van der Waals surface area contributed by atoms with Crippen LogP contribution in [0.4, 0.5) is 5.69 Å². The number of aryl methyl sites for hydroxylation is 2. The summed E-state index contributed by atoms with van der Waals surface area (Å²) in [4.78, 5) is 23.5. The SMILES string of the molecule is Cc1ccc(NC(=O)COC(=O)C2CCCC2)c(C)c1. The standard InChI is InChI=1S/C16H21NO3/c1-11-7-8-14(12(2)9-11)17-15(18)10-20-16(19)13-5-3-4-6-13/h7-9,13H,3-6,10H2,1-2H3,(H,17,18). The Balaban J connectivity index is 1.81. The molecule has 0 spiro atoms. The van der Waals surface area contributed by atoms with E-state index in [2.05, 4.69) is 5.32 Å². The third-order valence-electron chi connectivity index (χ3n) is 3.69. The second-order valence-electron chi connectivity index (χ2n) is 5.46. The van der Waals surface area contributed by atoms with Crippen molar-refractivity contribution in [1.82, 2.24) is 0 Å². The van der Waals surface area contributed by atoms with E-state index in [1.54, 1.807) is 0 Å².